The van der Waals surface area contributed by atoms with Crippen LogP contribution in [0, 0.1) is 0 Å². The summed E-state index contributed by atoms with van der Waals surface area (Å²) in [6.45, 7) is 1.53. The normalized spacial score (nSPS) is 15.5. The average molecular weight is 454 g/mol. The molecule has 0 unspecified atom stereocenters. The van der Waals surface area contributed by atoms with Crippen LogP contribution in [0.4, 0.5) is 5.00 Å². The number of esters is 1. The van der Waals surface area contributed by atoms with Gasteiger partial charge in [-0.1, -0.05) is 0 Å². The summed E-state index contributed by atoms with van der Waals surface area (Å²) < 4.78 is 36.8. The molecule has 1 aliphatic heterocycles. The molecule has 2 heterocycles. The van der Waals surface area contributed by atoms with Crippen LogP contribution in [0.25, 0.3) is 0 Å². The van der Waals surface area contributed by atoms with Crippen molar-refractivity contribution in [2.45, 2.75) is 4.90 Å². The lowest BCUT2D eigenvalue weighted by Crippen LogP contribution is -2.50. The number of benzene rings is 1. The fourth-order valence-corrected chi connectivity index (χ4v) is 5.28. The number of thiophene rings is 1. The van der Waals surface area contributed by atoms with Crippen molar-refractivity contribution in [3.8, 4) is 5.75 Å². The van der Waals surface area contributed by atoms with Gasteiger partial charge in [-0.3, -0.25) is 9.69 Å². The molecular weight excluding hydrogens is 430 g/mol. The summed E-state index contributed by atoms with van der Waals surface area (Å²) in [6.07, 6.45) is 0. The van der Waals surface area contributed by atoms with Gasteiger partial charge < -0.3 is 14.8 Å². The van der Waals surface area contributed by atoms with Gasteiger partial charge >= 0.3 is 5.97 Å². The van der Waals surface area contributed by atoms with E-state index in [1.165, 1.54) is 42.0 Å². The Labute approximate surface area is 179 Å². The first-order valence-electron chi connectivity index (χ1n) is 9.17. The molecule has 1 aliphatic rings. The molecule has 0 saturated carbocycles. The summed E-state index contributed by atoms with van der Waals surface area (Å²) in [7, 11) is -0.793. The Bertz CT molecular complexity index is 996. The summed E-state index contributed by atoms with van der Waals surface area (Å²) in [5, 5.41) is 4.86. The third-order valence-corrected chi connectivity index (χ3v) is 7.46. The molecule has 0 aliphatic carbocycles. The van der Waals surface area contributed by atoms with Crippen LogP contribution in [0.15, 0.2) is 40.6 Å². The standard InChI is InChI=1S/C19H23N3O6S2/c1-27-14-3-5-15(6-4-14)30(25,26)22-10-8-21(9-11-22)13-17(23)20-18-16(7-12-29-18)19(24)28-2/h3-7,12H,8-11,13H2,1-2H3,(H,20,23). The minimum Gasteiger partial charge on any atom is -0.497 e. The lowest BCUT2D eigenvalue weighted by Gasteiger charge is -2.33. The first-order valence-corrected chi connectivity index (χ1v) is 11.5. The number of amides is 1. The number of sulfonamides is 1. The van der Waals surface area contributed by atoms with E-state index in [0.717, 1.165) is 0 Å². The predicted octanol–water partition coefficient (Wildman–Crippen LogP) is 1.49. The van der Waals surface area contributed by atoms with E-state index in [-0.39, 0.29) is 30.4 Å². The lowest BCUT2D eigenvalue weighted by molar-refractivity contribution is -0.117. The SMILES string of the molecule is COC(=O)c1ccsc1NC(=O)CN1CCN(S(=O)(=O)c2ccc(OC)cc2)CC1. The van der Waals surface area contributed by atoms with Crippen molar-refractivity contribution in [2.75, 3.05) is 52.3 Å². The highest BCUT2D eigenvalue weighted by Gasteiger charge is 2.29. The third-order valence-electron chi connectivity index (χ3n) is 4.72. The van der Waals surface area contributed by atoms with Gasteiger partial charge in [-0.25, -0.2) is 13.2 Å². The van der Waals surface area contributed by atoms with Crippen LogP contribution in [0.3, 0.4) is 0 Å². The molecule has 3 rings (SSSR count). The van der Waals surface area contributed by atoms with Gasteiger partial charge in [-0.15, -0.1) is 11.3 Å². The fraction of sp³-hybridized carbons (Fsp3) is 0.368. The number of anilines is 1. The summed E-state index contributed by atoms with van der Waals surface area (Å²) in [6, 6.07) is 7.86. The summed E-state index contributed by atoms with van der Waals surface area (Å²) in [4.78, 5) is 26.1. The molecule has 1 amide bonds. The Balaban J connectivity index is 1.54. The summed E-state index contributed by atoms with van der Waals surface area (Å²) in [5.41, 5.74) is 0.311. The molecule has 1 fully saturated rings. The van der Waals surface area contributed by atoms with Crippen molar-refractivity contribution in [3.63, 3.8) is 0 Å². The van der Waals surface area contributed by atoms with Gasteiger partial charge in [0.1, 0.15) is 10.8 Å². The number of carbonyl (C=O) groups is 2. The molecule has 0 atom stereocenters. The molecule has 162 valence electrons. The molecular formula is C19H23N3O6S2. The van der Waals surface area contributed by atoms with Crippen LogP contribution in [0.1, 0.15) is 10.4 Å². The second-order valence-corrected chi connectivity index (χ2v) is 9.41. The number of methoxy groups -OCH3 is 2. The van der Waals surface area contributed by atoms with Crippen LogP contribution in [-0.2, 0) is 19.6 Å². The Morgan fingerprint density at radius 3 is 2.33 bits per heavy atom. The van der Waals surface area contributed by atoms with Crippen LogP contribution in [-0.4, -0.2) is 76.4 Å². The maximum absolute atomic E-state index is 12.8. The van der Waals surface area contributed by atoms with E-state index in [1.54, 1.807) is 23.6 Å². The number of ether oxygens (including phenoxy) is 2. The van der Waals surface area contributed by atoms with Gasteiger partial charge in [0.2, 0.25) is 15.9 Å². The van der Waals surface area contributed by atoms with E-state index in [0.29, 0.717) is 29.4 Å². The Morgan fingerprint density at radius 2 is 1.73 bits per heavy atom. The smallest absolute Gasteiger partial charge is 0.340 e. The van der Waals surface area contributed by atoms with Gasteiger partial charge in [0.15, 0.2) is 0 Å². The second kappa shape index (κ2) is 9.56. The van der Waals surface area contributed by atoms with Crippen molar-refractivity contribution in [1.29, 1.82) is 0 Å². The van der Waals surface area contributed by atoms with E-state index in [4.69, 9.17) is 9.47 Å². The zero-order chi connectivity index (χ0) is 21.7. The van der Waals surface area contributed by atoms with E-state index >= 15 is 0 Å². The summed E-state index contributed by atoms with van der Waals surface area (Å²) >= 11 is 1.24. The van der Waals surface area contributed by atoms with Crippen LogP contribution < -0.4 is 10.1 Å². The molecule has 30 heavy (non-hydrogen) atoms. The number of nitrogens with one attached hydrogen (secondary N) is 1. The highest BCUT2D eigenvalue weighted by molar-refractivity contribution is 7.89. The van der Waals surface area contributed by atoms with Gasteiger partial charge in [0.25, 0.3) is 0 Å². The molecule has 1 saturated heterocycles. The average Bonchev–Trinajstić information content (AvgIpc) is 3.21. The van der Waals surface area contributed by atoms with Crippen LogP contribution in [0.5, 0.6) is 5.75 Å². The highest BCUT2D eigenvalue weighted by Crippen LogP contribution is 2.24. The predicted molar refractivity (Wildman–Crippen MR) is 112 cm³/mol. The molecule has 9 nitrogen and oxygen atoms in total. The topological polar surface area (TPSA) is 105 Å². The maximum atomic E-state index is 12.8. The number of nitrogens with zero attached hydrogens (tertiary/aromatic N) is 2. The fourth-order valence-electron chi connectivity index (χ4n) is 3.07. The first-order chi connectivity index (χ1) is 14.3. The molecule has 0 bridgehead atoms. The van der Waals surface area contributed by atoms with Crippen molar-refractivity contribution >= 4 is 38.2 Å². The number of rotatable bonds is 7. The van der Waals surface area contributed by atoms with E-state index in [1.807, 2.05) is 4.90 Å². The minimum absolute atomic E-state index is 0.106. The molecule has 1 N–H and O–H groups in total. The number of piperazine rings is 1. The van der Waals surface area contributed by atoms with Gasteiger partial charge in [-0.2, -0.15) is 4.31 Å². The Morgan fingerprint density at radius 1 is 1.07 bits per heavy atom. The van der Waals surface area contributed by atoms with E-state index in [9.17, 15) is 18.0 Å². The number of hydrogen-bond donors (Lipinski definition) is 1. The maximum Gasteiger partial charge on any atom is 0.340 e. The van der Waals surface area contributed by atoms with Crippen molar-refractivity contribution < 1.29 is 27.5 Å². The molecule has 11 heteroatoms. The van der Waals surface area contributed by atoms with Crippen molar-refractivity contribution in [1.82, 2.24) is 9.21 Å². The van der Waals surface area contributed by atoms with Crippen molar-refractivity contribution in [2.24, 2.45) is 0 Å². The van der Waals surface area contributed by atoms with Gasteiger partial charge in [0.05, 0.1) is 31.2 Å². The lowest BCUT2D eigenvalue weighted by atomic mass is 10.3. The number of carbonyl (C=O) groups excluding carboxylic acids is 2. The number of hydrogen-bond acceptors (Lipinski definition) is 8. The zero-order valence-corrected chi connectivity index (χ0v) is 18.3. The van der Waals surface area contributed by atoms with Gasteiger partial charge in [-0.05, 0) is 35.7 Å². The Kier molecular flexibility index (Phi) is 7.08. The van der Waals surface area contributed by atoms with Crippen LogP contribution in [0.2, 0.25) is 0 Å². The largest absolute Gasteiger partial charge is 0.497 e. The molecule has 0 radical (unpaired) electrons. The molecule has 1 aromatic carbocycles. The van der Waals surface area contributed by atoms with Crippen LogP contribution >= 0.6 is 11.3 Å². The van der Waals surface area contributed by atoms with Gasteiger partial charge in [0, 0.05) is 26.2 Å². The second-order valence-electron chi connectivity index (χ2n) is 6.56. The van der Waals surface area contributed by atoms with E-state index in [2.05, 4.69) is 5.32 Å². The molecule has 1 aromatic heterocycles. The van der Waals surface area contributed by atoms with Crippen molar-refractivity contribution in [3.05, 3.63) is 41.3 Å². The first kappa shape index (κ1) is 22.2. The quantitative estimate of drug-likeness (QED) is 0.633. The third kappa shape index (κ3) is 4.98. The van der Waals surface area contributed by atoms with E-state index < -0.39 is 16.0 Å². The monoisotopic (exact) mass is 453 g/mol. The zero-order valence-electron chi connectivity index (χ0n) is 16.7. The summed E-state index contributed by atoms with van der Waals surface area (Å²) in [5.74, 6) is -0.191. The minimum atomic E-state index is -3.60. The highest BCUT2D eigenvalue weighted by atomic mass is 32.2. The molecule has 0 spiro atoms. The molecule has 2 aromatic rings. The Hall–Kier alpha value is -2.47.